The van der Waals surface area contributed by atoms with Gasteiger partial charge in [-0.1, -0.05) is 50.1 Å². The van der Waals surface area contributed by atoms with Gasteiger partial charge in [-0.25, -0.2) is 13.2 Å². The van der Waals surface area contributed by atoms with Gasteiger partial charge in [0.25, 0.3) is 0 Å². The maximum atomic E-state index is 15.2. The van der Waals surface area contributed by atoms with E-state index in [1.54, 1.807) is 24.3 Å². The van der Waals surface area contributed by atoms with Gasteiger partial charge in [0.2, 0.25) is 0 Å². The second-order valence-electron chi connectivity index (χ2n) is 7.60. The number of rotatable bonds is 8. The topological polar surface area (TPSA) is 43.7 Å². The van der Waals surface area contributed by atoms with Crippen LogP contribution in [-0.4, -0.2) is 0 Å². The Kier molecular flexibility index (Phi) is 7.36. The third kappa shape index (κ3) is 5.27. The summed E-state index contributed by atoms with van der Waals surface area (Å²) in [6.07, 6.45) is 4.36. The Morgan fingerprint density at radius 1 is 0.839 bits per heavy atom. The van der Waals surface area contributed by atoms with Crippen LogP contribution in [0.4, 0.5) is 13.2 Å². The van der Waals surface area contributed by atoms with E-state index in [-0.39, 0.29) is 29.5 Å². The Hall–Kier alpha value is -3.26. The van der Waals surface area contributed by atoms with Gasteiger partial charge in [0.1, 0.15) is 23.5 Å². The Morgan fingerprint density at radius 3 is 2.19 bits per heavy atom. The molecular formula is C26H23F3NO. The highest BCUT2D eigenvalue weighted by Gasteiger charge is 2.21. The Morgan fingerprint density at radius 2 is 1.55 bits per heavy atom. The molecule has 0 atom stereocenters. The Balaban J connectivity index is 1.84. The van der Waals surface area contributed by atoms with Crippen LogP contribution in [0.1, 0.15) is 48.4 Å². The van der Waals surface area contributed by atoms with Crippen molar-refractivity contribution in [3.63, 3.8) is 0 Å². The average molecular weight is 422 g/mol. The summed E-state index contributed by atoms with van der Waals surface area (Å²) in [7, 11) is 0. The molecule has 159 valence electrons. The van der Waals surface area contributed by atoms with E-state index in [0.717, 1.165) is 37.3 Å². The first-order valence-corrected chi connectivity index (χ1v) is 10.4. The zero-order valence-corrected chi connectivity index (χ0v) is 17.4. The molecule has 31 heavy (non-hydrogen) atoms. The molecule has 3 aromatic carbocycles. The van der Waals surface area contributed by atoms with Crippen LogP contribution in [0, 0.1) is 28.8 Å². The first-order valence-electron chi connectivity index (χ1n) is 10.4. The van der Waals surface area contributed by atoms with E-state index in [0.29, 0.717) is 11.1 Å². The minimum Gasteiger partial charge on any atom is -0.289 e. The van der Waals surface area contributed by atoms with E-state index < -0.39 is 23.2 Å². The van der Waals surface area contributed by atoms with Gasteiger partial charge in [-0.3, -0.25) is 5.11 Å². The predicted octanol–water partition coefficient (Wildman–Crippen LogP) is 7.30. The molecule has 0 bridgehead atoms. The number of aryl methyl sites for hydroxylation is 2. The smallest absolute Gasteiger partial charge is 0.192 e. The highest BCUT2D eigenvalue weighted by atomic mass is 19.1. The maximum Gasteiger partial charge on any atom is 0.192 e. The highest BCUT2D eigenvalue weighted by Crippen LogP contribution is 2.36. The highest BCUT2D eigenvalue weighted by molar-refractivity contribution is 5.72. The summed E-state index contributed by atoms with van der Waals surface area (Å²) >= 11 is 0. The standard InChI is InChI=1S/C26H23F3NO/c1-2-3-4-5-17-6-10-19(11-7-17)25-24(31)15-23(28)21(26(25)29)13-9-18-8-12-20(16-30)22(27)14-18/h6-8,10-12,14-15H,2-5,9,13H2,1H3. The van der Waals surface area contributed by atoms with E-state index in [9.17, 15) is 13.9 Å². The maximum absolute atomic E-state index is 15.2. The van der Waals surface area contributed by atoms with Crippen LogP contribution in [0.25, 0.3) is 11.1 Å². The molecule has 0 saturated carbocycles. The fourth-order valence-corrected chi connectivity index (χ4v) is 3.63. The van der Waals surface area contributed by atoms with Crippen molar-refractivity contribution >= 4 is 0 Å². The van der Waals surface area contributed by atoms with Crippen LogP contribution in [0.3, 0.4) is 0 Å². The van der Waals surface area contributed by atoms with Gasteiger partial charge in [0, 0.05) is 11.6 Å². The molecule has 3 aromatic rings. The van der Waals surface area contributed by atoms with Gasteiger partial charge in [-0.05, 0) is 54.5 Å². The third-order valence-corrected chi connectivity index (χ3v) is 5.41. The molecule has 3 rings (SSSR count). The fraction of sp³-hybridized carbons (Fsp3) is 0.269. The Labute approximate surface area is 180 Å². The van der Waals surface area contributed by atoms with Crippen LogP contribution in [-0.2, 0) is 24.4 Å². The van der Waals surface area contributed by atoms with Crippen LogP contribution >= 0.6 is 0 Å². The number of hydrogen-bond donors (Lipinski definition) is 0. The second-order valence-corrected chi connectivity index (χ2v) is 7.60. The molecule has 0 fully saturated rings. The molecule has 0 aliphatic rings. The zero-order valence-electron chi connectivity index (χ0n) is 17.4. The molecule has 0 N–H and O–H groups in total. The van der Waals surface area contributed by atoms with E-state index in [1.165, 1.54) is 12.1 Å². The summed E-state index contributed by atoms with van der Waals surface area (Å²) in [6, 6.07) is 13.7. The van der Waals surface area contributed by atoms with Gasteiger partial charge < -0.3 is 0 Å². The van der Waals surface area contributed by atoms with E-state index in [2.05, 4.69) is 6.92 Å². The van der Waals surface area contributed by atoms with Gasteiger partial charge >= 0.3 is 0 Å². The lowest BCUT2D eigenvalue weighted by molar-refractivity contribution is 0.350. The monoisotopic (exact) mass is 422 g/mol. The summed E-state index contributed by atoms with van der Waals surface area (Å²) in [4.78, 5) is 0. The summed E-state index contributed by atoms with van der Waals surface area (Å²) in [5.74, 6) is -3.16. The predicted molar refractivity (Wildman–Crippen MR) is 114 cm³/mol. The molecule has 0 saturated heterocycles. The molecule has 0 spiro atoms. The lowest BCUT2D eigenvalue weighted by atomic mass is 9.95. The molecule has 5 heteroatoms. The van der Waals surface area contributed by atoms with Crippen molar-refractivity contribution in [2.45, 2.75) is 45.4 Å². The summed E-state index contributed by atoms with van der Waals surface area (Å²) in [5, 5.41) is 21.1. The largest absolute Gasteiger partial charge is 0.289 e. The summed E-state index contributed by atoms with van der Waals surface area (Å²) in [6.45, 7) is 2.13. The van der Waals surface area contributed by atoms with E-state index in [4.69, 9.17) is 5.26 Å². The molecule has 0 amide bonds. The molecule has 0 aromatic heterocycles. The fourth-order valence-electron chi connectivity index (χ4n) is 3.63. The van der Waals surface area contributed by atoms with E-state index in [1.807, 2.05) is 12.1 Å². The average Bonchev–Trinajstić information content (AvgIpc) is 2.75. The molecule has 1 radical (unpaired) electrons. The molecule has 2 nitrogen and oxygen atoms in total. The van der Waals surface area contributed by atoms with Crippen LogP contribution in [0.15, 0.2) is 48.5 Å². The number of unbranched alkanes of at least 4 members (excludes halogenated alkanes) is 2. The van der Waals surface area contributed by atoms with Crippen molar-refractivity contribution in [1.29, 1.82) is 5.26 Å². The number of nitrogens with zero attached hydrogens (tertiary/aromatic N) is 1. The summed E-state index contributed by atoms with van der Waals surface area (Å²) in [5.41, 5.74) is 1.59. The molecular weight excluding hydrogens is 399 g/mol. The molecule has 0 heterocycles. The molecule has 0 unspecified atom stereocenters. The van der Waals surface area contributed by atoms with Crippen LogP contribution < -0.4 is 0 Å². The van der Waals surface area contributed by atoms with Gasteiger partial charge in [0.15, 0.2) is 5.75 Å². The minimum atomic E-state index is -0.906. The second kappa shape index (κ2) is 10.2. The minimum absolute atomic E-state index is 0.0363. The van der Waals surface area contributed by atoms with E-state index >= 15 is 4.39 Å². The number of halogens is 3. The van der Waals surface area contributed by atoms with Crippen molar-refractivity contribution in [3.8, 4) is 22.9 Å². The lowest BCUT2D eigenvalue weighted by Crippen LogP contribution is -2.02. The first-order chi connectivity index (χ1) is 14.9. The van der Waals surface area contributed by atoms with Gasteiger partial charge in [0.05, 0.1) is 11.1 Å². The Bertz CT molecular complexity index is 1100. The van der Waals surface area contributed by atoms with Crippen molar-refractivity contribution < 1.29 is 18.3 Å². The normalized spacial score (nSPS) is 10.8. The quantitative estimate of drug-likeness (QED) is 0.351. The van der Waals surface area contributed by atoms with Gasteiger partial charge in [-0.2, -0.15) is 5.26 Å². The van der Waals surface area contributed by atoms with Crippen LogP contribution in [0.5, 0.6) is 5.75 Å². The summed E-state index contributed by atoms with van der Waals surface area (Å²) < 4.78 is 43.4. The molecule has 0 aliphatic heterocycles. The SMILES string of the molecule is CCCCCc1ccc(-c2c([O])cc(F)c(CCc3ccc(C#N)c(F)c3)c2F)cc1. The van der Waals surface area contributed by atoms with Crippen LogP contribution in [0.2, 0.25) is 0 Å². The van der Waals surface area contributed by atoms with Crippen molar-refractivity contribution in [2.24, 2.45) is 0 Å². The third-order valence-electron chi connectivity index (χ3n) is 5.41. The lowest BCUT2D eigenvalue weighted by Gasteiger charge is -2.12. The van der Waals surface area contributed by atoms with Crippen molar-refractivity contribution in [2.75, 3.05) is 0 Å². The van der Waals surface area contributed by atoms with Crippen molar-refractivity contribution in [1.82, 2.24) is 0 Å². The number of nitriles is 1. The number of hydrogen-bond acceptors (Lipinski definition) is 1. The zero-order chi connectivity index (χ0) is 22.4. The van der Waals surface area contributed by atoms with Crippen molar-refractivity contribution in [3.05, 3.63) is 88.2 Å². The molecule has 0 aliphatic carbocycles. The first kappa shape index (κ1) is 22.4. The number of benzene rings is 3. The van der Waals surface area contributed by atoms with Gasteiger partial charge in [-0.15, -0.1) is 0 Å².